The van der Waals surface area contributed by atoms with E-state index in [0.29, 0.717) is 6.54 Å². The Morgan fingerprint density at radius 1 is 1.07 bits per heavy atom. The first-order valence-electron chi connectivity index (χ1n) is 9.17. The summed E-state index contributed by atoms with van der Waals surface area (Å²) in [6, 6.07) is 18.5. The number of nitrogens with one attached hydrogen (secondary N) is 2. The van der Waals surface area contributed by atoms with Crippen molar-refractivity contribution in [2.24, 2.45) is 0 Å². The molecule has 5 heteroatoms. The molecule has 0 saturated heterocycles. The molecule has 3 aromatic rings. The van der Waals surface area contributed by atoms with Crippen LogP contribution < -0.4 is 10.2 Å². The summed E-state index contributed by atoms with van der Waals surface area (Å²) in [6.07, 6.45) is 1.01. The summed E-state index contributed by atoms with van der Waals surface area (Å²) < 4.78 is 13.3. The zero-order valence-electron chi connectivity index (χ0n) is 15.0. The predicted octanol–water partition coefficient (Wildman–Crippen LogP) is 2.73. The van der Waals surface area contributed by atoms with Gasteiger partial charge in [-0.25, -0.2) is 4.39 Å². The first kappa shape index (κ1) is 17.9. The van der Waals surface area contributed by atoms with Crippen molar-refractivity contribution in [2.75, 3.05) is 13.1 Å². The summed E-state index contributed by atoms with van der Waals surface area (Å²) in [6.45, 7) is 2.28. The SMILES string of the molecule is O=C(C[NH+]1CCc2ccccc2C1)N[C@@H](c1ccc(F)cc1)c1cccs1. The van der Waals surface area contributed by atoms with E-state index >= 15 is 0 Å². The van der Waals surface area contributed by atoms with Gasteiger partial charge in [-0.05, 0) is 34.7 Å². The zero-order valence-corrected chi connectivity index (χ0v) is 15.8. The van der Waals surface area contributed by atoms with Crippen LogP contribution in [0.5, 0.6) is 0 Å². The van der Waals surface area contributed by atoms with Crippen molar-refractivity contribution >= 4 is 17.2 Å². The highest BCUT2D eigenvalue weighted by atomic mass is 32.1. The van der Waals surface area contributed by atoms with E-state index in [-0.39, 0.29) is 17.8 Å². The van der Waals surface area contributed by atoms with Crippen LogP contribution in [-0.2, 0) is 17.8 Å². The molecule has 3 nitrogen and oxygen atoms in total. The van der Waals surface area contributed by atoms with Gasteiger partial charge in [0.1, 0.15) is 12.4 Å². The number of carbonyl (C=O) groups excluding carboxylic acids is 1. The lowest BCUT2D eigenvalue weighted by Crippen LogP contribution is -3.12. The van der Waals surface area contributed by atoms with Crippen LogP contribution in [0.1, 0.15) is 27.6 Å². The van der Waals surface area contributed by atoms with Crippen LogP contribution in [0.15, 0.2) is 66.0 Å². The second kappa shape index (κ2) is 8.03. The Bertz CT molecular complexity index is 908. The average molecular weight is 381 g/mol. The van der Waals surface area contributed by atoms with E-state index in [1.54, 1.807) is 23.5 Å². The standard InChI is InChI=1S/C22H21FN2OS/c23-19-9-7-17(8-10-19)22(20-6-3-13-27-20)24-21(26)15-25-12-11-16-4-1-2-5-18(16)14-25/h1-10,13,22H,11-12,14-15H2,(H,24,26)/p+1/t22-/m0/s1. The summed E-state index contributed by atoms with van der Waals surface area (Å²) in [5.74, 6) is -0.251. The van der Waals surface area contributed by atoms with E-state index in [4.69, 9.17) is 0 Å². The second-order valence-electron chi connectivity index (χ2n) is 6.94. The topological polar surface area (TPSA) is 33.5 Å². The van der Waals surface area contributed by atoms with E-state index in [2.05, 4.69) is 29.6 Å². The summed E-state index contributed by atoms with van der Waals surface area (Å²) in [4.78, 5) is 15.1. The van der Waals surface area contributed by atoms with Crippen LogP contribution in [0.3, 0.4) is 0 Å². The largest absolute Gasteiger partial charge is 0.339 e. The molecule has 2 aromatic carbocycles. The smallest absolute Gasteiger partial charge is 0.275 e. The Morgan fingerprint density at radius 3 is 2.59 bits per heavy atom. The maximum Gasteiger partial charge on any atom is 0.275 e. The van der Waals surface area contributed by atoms with Gasteiger partial charge in [-0.2, -0.15) is 0 Å². The minimum atomic E-state index is -0.272. The quantitative estimate of drug-likeness (QED) is 0.700. The van der Waals surface area contributed by atoms with Gasteiger partial charge in [-0.15, -0.1) is 11.3 Å². The monoisotopic (exact) mass is 381 g/mol. The zero-order chi connectivity index (χ0) is 18.6. The van der Waals surface area contributed by atoms with Gasteiger partial charge in [0.05, 0.1) is 12.6 Å². The van der Waals surface area contributed by atoms with Crippen LogP contribution in [0.25, 0.3) is 0 Å². The van der Waals surface area contributed by atoms with Crippen molar-refractivity contribution in [3.63, 3.8) is 0 Å². The third kappa shape index (κ3) is 4.26. The summed E-state index contributed by atoms with van der Waals surface area (Å²) in [5.41, 5.74) is 3.62. The van der Waals surface area contributed by atoms with E-state index in [1.165, 1.54) is 28.2 Å². The van der Waals surface area contributed by atoms with Gasteiger partial charge in [-0.1, -0.05) is 42.5 Å². The highest BCUT2D eigenvalue weighted by molar-refractivity contribution is 7.10. The molecule has 1 aliphatic rings. The highest BCUT2D eigenvalue weighted by Gasteiger charge is 2.24. The van der Waals surface area contributed by atoms with Crippen molar-refractivity contribution in [1.29, 1.82) is 0 Å². The number of fused-ring (bicyclic) bond motifs is 1. The third-order valence-electron chi connectivity index (χ3n) is 5.05. The molecule has 1 aliphatic heterocycles. The summed E-state index contributed by atoms with van der Waals surface area (Å²) >= 11 is 1.59. The van der Waals surface area contributed by atoms with Gasteiger partial charge in [0, 0.05) is 16.9 Å². The van der Waals surface area contributed by atoms with Gasteiger partial charge in [0.15, 0.2) is 6.54 Å². The first-order chi connectivity index (χ1) is 13.2. The number of carbonyl (C=O) groups is 1. The Labute approximate surface area is 162 Å². The first-order valence-corrected chi connectivity index (χ1v) is 10.1. The Balaban J connectivity index is 1.45. The summed E-state index contributed by atoms with van der Waals surface area (Å²) in [5, 5.41) is 5.15. The minimum absolute atomic E-state index is 0.0205. The lowest BCUT2D eigenvalue weighted by molar-refractivity contribution is -0.908. The molecule has 2 N–H and O–H groups in total. The molecule has 138 valence electrons. The molecule has 1 unspecified atom stereocenters. The van der Waals surface area contributed by atoms with Crippen molar-refractivity contribution in [3.05, 3.63) is 93.4 Å². The van der Waals surface area contributed by atoms with Crippen molar-refractivity contribution in [1.82, 2.24) is 5.32 Å². The Hall–Kier alpha value is -2.50. The van der Waals surface area contributed by atoms with Crippen molar-refractivity contribution in [2.45, 2.75) is 19.0 Å². The Kier molecular flexibility index (Phi) is 5.32. The predicted molar refractivity (Wildman–Crippen MR) is 105 cm³/mol. The number of hydrogen-bond acceptors (Lipinski definition) is 2. The molecule has 0 saturated carbocycles. The molecular formula is C22H22FN2OS+. The normalized spacial score (nSPS) is 17.1. The van der Waals surface area contributed by atoms with Crippen LogP contribution in [-0.4, -0.2) is 19.0 Å². The number of benzene rings is 2. The second-order valence-corrected chi connectivity index (χ2v) is 7.92. The molecule has 0 fully saturated rings. The van der Waals surface area contributed by atoms with E-state index < -0.39 is 0 Å². The molecule has 2 atom stereocenters. The molecular weight excluding hydrogens is 359 g/mol. The van der Waals surface area contributed by atoms with Gasteiger partial charge in [-0.3, -0.25) is 4.79 Å². The van der Waals surface area contributed by atoms with Gasteiger partial charge >= 0.3 is 0 Å². The maximum atomic E-state index is 13.3. The van der Waals surface area contributed by atoms with E-state index in [9.17, 15) is 9.18 Å². The van der Waals surface area contributed by atoms with E-state index in [1.807, 2.05) is 17.5 Å². The summed E-state index contributed by atoms with van der Waals surface area (Å²) in [7, 11) is 0. The number of amides is 1. The number of hydrogen-bond donors (Lipinski definition) is 2. The molecule has 0 radical (unpaired) electrons. The maximum absolute atomic E-state index is 13.3. The third-order valence-corrected chi connectivity index (χ3v) is 5.99. The van der Waals surface area contributed by atoms with Gasteiger partial charge < -0.3 is 10.2 Å². The lowest BCUT2D eigenvalue weighted by Gasteiger charge is -2.26. The van der Waals surface area contributed by atoms with Gasteiger partial charge in [0.25, 0.3) is 5.91 Å². The molecule has 4 rings (SSSR count). The molecule has 0 spiro atoms. The Morgan fingerprint density at radius 2 is 1.85 bits per heavy atom. The van der Waals surface area contributed by atoms with Crippen molar-refractivity contribution in [3.8, 4) is 0 Å². The van der Waals surface area contributed by atoms with Gasteiger partial charge in [0.2, 0.25) is 0 Å². The molecule has 1 amide bonds. The van der Waals surface area contributed by atoms with Crippen LogP contribution >= 0.6 is 11.3 Å². The van der Waals surface area contributed by atoms with E-state index in [0.717, 1.165) is 30.0 Å². The number of halogens is 1. The molecule has 1 aromatic heterocycles. The number of thiophene rings is 1. The molecule has 0 bridgehead atoms. The lowest BCUT2D eigenvalue weighted by atomic mass is 10.00. The molecule has 27 heavy (non-hydrogen) atoms. The molecule has 0 aliphatic carbocycles. The number of rotatable bonds is 5. The molecule has 2 heterocycles. The van der Waals surface area contributed by atoms with Crippen LogP contribution in [0.4, 0.5) is 4.39 Å². The fourth-order valence-corrected chi connectivity index (χ4v) is 4.46. The van der Waals surface area contributed by atoms with Crippen molar-refractivity contribution < 1.29 is 14.1 Å². The number of quaternary nitrogens is 1. The average Bonchev–Trinajstić information content (AvgIpc) is 3.21. The fraction of sp³-hybridized carbons (Fsp3) is 0.227. The highest BCUT2D eigenvalue weighted by Crippen LogP contribution is 2.26. The minimum Gasteiger partial charge on any atom is -0.339 e. The van der Waals surface area contributed by atoms with Crippen LogP contribution in [0.2, 0.25) is 0 Å². The fourth-order valence-electron chi connectivity index (χ4n) is 3.66. The van der Waals surface area contributed by atoms with Crippen LogP contribution in [0, 0.1) is 5.82 Å².